The van der Waals surface area contributed by atoms with Crippen LogP contribution in [0.1, 0.15) is 38.0 Å². The Kier molecular flexibility index (Phi) is 4.17. The molecule has 132 valence electrons. The Bertz CT molecular complexity index is 917. The van der Waals surface area contributed by atoms with Gasteiger partial charge in [-0.1, -0.05) is 12.1 Å². The third kappa shape index (κ3) is 2.77. The number of carboxylic acids is 1. The molecule has 2 aromatic rings. The summed E-state index contributed by atoms with van der Waals surface area (Å²) in [6, 6.07) is 8.49. The maximum Gasteiger partial charge on any atom is 0.335 e. The molecule has 0 spiro atoms. The predicted octanol–water partition coefficient (Wildman–Crippen LogP) is 1.71. The highest BCUT2D eigenvalue weighted by molar-refractivity contribution is 6.23. The van der Waals surface area contributed by atoms with Crippen molar-refractivity contribution in [3.8, 4) is 5.75 Å². The fourth-order valence-corrected chi connectivity index (χ4v) is 2.68. The summed E-state index contributed by atoms with van der Waals surface area (Å²) >= 11 is 0. The van der Waals surface area contributed by atoms with Crippen LogP contribution in [0.4, 0.5) is 5.69 Å². The molecule has 1 aliphatic heterocycles. The molecule has 2 aromatic carbocycles. The number of carboxylic acid groups (broad SMARTS) is 1. The molecule has 1 heterocycles. The summed E-state index contributed by atoms with van der Waals surface area (Å²) in [5.41, 5.74) is 0.172. The second kappa shape index (κ2) is 6.32. The molecule has 8 nitrogen and oxygen atoms in total. The highest BCUT2D eigenvalue weighted by Crippen LogP contribution is 2.27. The number of nitrogens with zero attached hydrogens (tertiary/aromatic N) is 1. The minimum Gasteiger partial charge on any atom is -0.506 e. The molecule has 1 unspecified atom stereocenters. The van der Waals surface area contributed by atoms with Crippen LogP contribution in [0.5, 0.6) is 5.75 Å². The minimum atomic E-state index is -1.23. The Morgan fingerprint density at radius 1 is 1.04 bits per heavy atom. The van der Waals surface area contributed by atoms with Crippen LogP contribution in [0.15, 0.2) is 42.5 Å². The van der Waals surface area contributed by atoms with Gasteiger partial charge < -0.3 is 15.5 Å². The molecule has 0 aromatic heterocycles. The van der Waals surface area contributed by atoms with E-state index < -0.39 is 29.7 Å². The molecule has 26 heavy (non-hydrogen) atoms. The smallest absolute Gasteiger partial charge is 0.335 e. The van der Waals surface area contributed by atoms with Crippen molar-refractivity contribution in [3.63, 3.8) is 0 Å². The van der Waals surface area contributed by atoms with Crippen LogP contribution in [0, 0.1) is 0 Å². The SMILES string of the molecule is CC(C(=O)Nc1cc(C(=O)O)ccc1O)N1C(=O)c2ccccc2C1=O. The average molecular weight is 354 g/mol. The lowest BCUT2D eigenvalue weighted by Gasteiger charge is -2.22. The largest absolute Gasteiger partial charge is 0.506 e. The number of rotatable bonds is 4. The second-order valence-corrected chi connectivity index (χ2v) is 5.73. The molecule has 0 saturated carbocycles. The third-order valence-electron chi connectivity index (χ3n) is 4.09. The van der Waals surface area contributed by atoms with Gasteiger partial charge in [0.1, 0.15) is 11.8 Å². The number of fused-ring (bicyclic) bond motifs is 1. The lowest BCUT2D eigenvalue weighted by molar-refractivity contribution is -0.119. The van der Waals surface area contributed by atoms with E-state index in [4.69, 9.17) is 5.11 Å². The lowest BCUT2D eigenvalue weighted by atomic mass is 10.1. The van der Waals surface area contributed by atoms with Crippen LogP contribution in [0.25, 0.3) is 0 Å². The Morgan fingerprint density at radius 3 is 2.15 bits per heavy atom. The van der Waals surface area contributed by atoms with Crippen molar-refractivity contribution in [2.45, 2.75) is 13.0 Å². The van der Waals surface area contributed by atoms with Gasteiger partial charge in [0.05, 0.1) is 22.4 Å². The number of carbonyl (C=O) groups excluding carboxylic acids is 3. The van der Waals surface area contributed by atoms with E-state index in [9.17, 15) is 24.3 Å². The number of nitrogens with one attached hydrogen (secondary N) is 1. The summed E-state index contributed by atoms with van der Waals surface area (Å²) in [7, 11) is 0. The number of benzene rings is 2. The molecule has 3 amide bonds. The lowest BCUT2D eigenvalue weighted by Crippen LogP contribution is -2.45. The van der Waals surface area contributed by atoms with E-state index in [0.29, 0.717) is 0 Å². The quantitative estimate of drug-likeness (QED) is 0.567. The monoisotopic (exact) mass is 354 g/mol. The number of hydrogen-bond acceptors (Lipinski definition) is 5. The number of phenols is 1. The Balaban J connectivity index is 1.84. The van der Waals surface area contributed by atoms with Crippen LogP contribution in [-0.2, 0) is 4.79 Å². The van der Waals surface area contributed by atoms with E-state index >= 15 is 0 Å². The average Bonchev–Trinajstić information content (AvgIpc) is 2.87. The summed E-state index contributed by atoms with van der Waals surface area (Å²) in [4.78, 5) is 49.1. The van der Waals surface area contributed by atoms with Crippen molar-refractivity contribution in [1.82, 2.24) is 4.90 Å². The van der Waals surface area contributed by atoms with Crippen molar-refractivity contribution in [2.75, 3.05) is 5.32 Å². The van der Waals surface area contributed by atoms with E-state index in [1.807, 2.05) is 0 Å². The van der Waals surface area contributed by atoms with Crippen LogP contribution in [0.2, 0.25) is 0 Å². The molecular weight excluding hydrogens is 340 g/mol. The molecule has 0 aliphatic carbocycles. The van der Waals surface area contributed by atoms with Crippen molar-refractivity contribution in [2.24, 2.45) is 0 Å². The number of carbonyl (C=O) groups is 4. The van der Waals surface area contributed by atoms with Gasteiger partial charge in [-0.3, -0.25) is 19.3 Å². The highest BCUT2D eigenvalue weighted by Gasteiger charge is 2.40. The van der Waals surface area contributed by atoms with Crippen LogP contribution in [-0.4, -0.2) is 44.8 Å². The molecule has 0 saturated heterocycles. The summed E-state index contributed by atoms with van der Waals surface area (Å²) in [5.74, 6) is -3.47. The summed E-state index contributed by atoms with van der Waals surface area (Å²) < 4.78 is 0. The predicted molar refractivity (Wildman–Crippen MR) is 90.1 cm³/mol. The number of hydrogen-bond donors (Lipinski definition) is 3. The van der Waals surface area contributed by atoms with E-state index in [2.05, 4.69) is 5.32 Å². The molecule has 0 radical (unpaired) electrons. The maximum atomic E-state index is 12.5. The van der Waals surface area contributed by atoms with Gasteiger partial charge >= 0.3 is 5.97 Å². The summed E-state index contributed by atoms with van der Waals surface area (Å²) in [6.07, 6.45) is 0. The molecule has 1 aliphatic rings. The molecule has 8 heteroatoms. The highest BCUT2D eigenvalue weighted by atomic mass is 16.4. The van der Waals surface area contributed by atoms with Crippen molar-refractivity contribution in [1.29, 1.82) is 0 Å². The van der Waals surface area contributed by atoms with Gasteiger partial charge in [0.15, 0.2) is 0 Å². The maximum absolute atomic E-state index is 12.5. The standard InChI is InChI=1S/C18H14N2O6/c1-9(20-16(23)11-4-2-3-5-12(11)17(20)24)15(22)19-13-8-10(18(25)26)6-7-14(13)21/h2-9,21H,1H3,(H,19,22)(H,25,26). The van der Waals surface area contributed by atoms with Gasteiger partial charge in [-0.05, 0) is 37.3 Å². The Labute approximate surface area is 147 Å². The van der Waals surface area contributed by atoms with Gasteiger partial charge in [-0.2, -0.15) is 0 Å². The molecule has 0 fully saturated rings. The van der Waals surface area contributed by atoms with Gasteiger partial charge in [-0.25, -0.2) is 4.79 Å². The van der Waals surface area contributed by atoms with E-state index in [1.165, 1.54) is 25.1 Å². The number of imide groups is 1. The Morgan fingerprint density at radius 2 is 1.62 bits per heavy atom. The van der Waals surface area contributed by atoms with Gasteiger partial charge in [-0.15, -0.1) is 0 Å². The minimum absolute atomic E-state index is 0.127. The molecular formula is C18H14N2O6. The summed E-state index contributed by atoms with van der Waals surface area (Å²) in [5, 5.41) is 21.1. The van der Waals surface area contributed by atoms with Crippen LogP contribution >= 0.6 is 0 Å². The van der Waals surface area contributed by atoms with Gasteiger partial charge in [0.2, 0.25) is 5.91 Å². The van der Waals surface area contributed by atoms with E-state index in [0.717, 1.165) is 17.0 Å². The molecule has 1 atom stereocenters. The van der Waals surface area contributed by atoms with Crippen molar-refractivity contribution in [3.05, 3.63) is 59.2 Å². The number of aromatic carboxylic acids is 1. The Hall–Kier alpha value is -3.68. The normalized spacial score (nSPS) is 14.1. The van der Waals surface area contributed by atoms with Crippen LogP contribution in [0.3, 0.4) is 0 Å². The molecule has 0 bridgehead atoms. The van der Waals surface area contributed by atoms with Crippen molar-refractivity contribution < 1.29 is 29.4 Å². The van der Waals surface area contributed by atoms with Gasteiger partial charge in [0, 0.05) is 0 Å². The van der Waals surface area contributed by atoms with Crippen molar-refractivity contribution >= 4 is 29.4 Å². The van der Waals surface area contributed by atoms with Gasteiger partial charge in [0.25, 0.3) is 11.8 Å². The summed E-state index contributed by atoms with van der Waals surface area (Å²) in [6.45, 7) is 1.37. The second-order valence-electron chi connectivity index (χ2n) is 5.73. The zero-order valence-corrected chi connectivity index (χ0v) is 13.6. The number of anilines is 1. The zero-order valence-electron chi connectivity index (χ0n) is 13.6. The zero-order chi connectivity index (χ0) is 19.0. The van der Waals surface area contributed by atoms with E-state index in [1.54, 1.807) is 12.1 Å². The topological polar surface area (TPSA) is 124 Å². The first-order valence-electron chi connectivity index (χ1n) is 7.65. The molecule has 3 rings (SSSR count). The fraction of sp³-hybridized carbons (Fsp3) is 0.111. The number of aromatic hydroxyl groups is 1. The first-order valence-corrected chi connectivity index (χ1v) is 7.65. The number of amides is 3. The van der Waals surface area contributed by atoms with E-state index in [-0.39, 0.29) is 28.1 Å². The van der Waals surface area contributed by atoms with Crippen LogP contribution < -0.4 is 5.32 Å². The molecule has 3 N–H and O–H groups in total. The fourth-order valence-electron chi connectivity index (χ4n) is 2.68. The first-order chi connectivity index (χ1) is 12.3. The number of phenolic OH excluding ortho intramolecular Hbond substituents is 1. The first kappa shape index (κ1) is 17.2. The third-order valence-corrected chi connectivity index (χ3v) is 4.09.